The highest BCUT2D eigenvalue weighted by molar-refractivity contribution is 5.79. The van der Waals surface area contributed by atoms with E-state index in [4.69, 9.17) is 4.74 Å². The maximum absolute atomic E-state index is 12.0. The molecule has 1 aromatic rings. The molecule has 3 heteroatoms. The summed E-state index contributed by atoms with van der Waals surface area (Å²) in [5, 5.41) is 0. The van der Waals surface area contributed by atoms with Crippen molar-refractivity contribution in [2.45, 2.75) is 26.5 Å². The zero-order valence-electron chi connectivity index (χ0n) is 9.77. The molecule has 0 spiro atoms. The first-order chi connectivity index (χ1) is 7.68. The van der Waals surface area contributed by atoms with Crippen molar-refractivity contribution in [3.63, 3.8) is 0 Å². The second-order valence-corrected chi connectivity index (χ2v) is 4.16. The molecule has 1 atom stereocenters. The number of nitrogens with zero attached hydrogens (tertiary/aromatic N) is 1. The first-order valence-corrected chi connectivity index (χ1v) is 5.64. The van der Waals surface area contributed by atoms with Crippen LogP contribution in [0.15, 0.2) is 24.3 Å². The van der Waals surface area contributed by atoms with Gasteiger partial charge in [-0.15, -0.1) is 0 Å². The van der Waals surface area contributed by atoms with Gasteiger partial charge >= 0.3 is 0 Å². The van der Waals surface area contributed by atoms with Gasteiger partial charge in [-0.25, -0.2) is 0 Å². The van der Waals surface area contributed by atoms with Gasteiger partial charge in [-0.1, -0.05) is 24.3 Å². The van der Waals surface area contributed by atoms with Crippen molar-refractivity contribution in [2.75, 3.05) is 13.2 Å². The van der Waals surface area contributed by atoms with Crippen LogP contribution in [-0.4, -0.2) is 30.2 Å². The fourth-order valence-corrected chi connectivity index (χ4v) is 1.99. The third-order valence-corrected chi connectivity index (χ3v) is 3.05. The standard InChI is InChI=1S/C13H17NO2/c1-10-5-3-4-6-12(10)9-13(15)14-7-8-16-11(14)2/h3-6,11H,7-9H2,1-2H3. The van der Waals surface area contributed by atoms with E-state index in [2.05, 4.69) is 0 Å². The van der Waals surface area contributed by atoms with Crippen LogP contribution in [0.2, 0.25) is 0 Å². The molecule has 0 bridgehead atoms. The van der Waals surface area contributed by atoms with E-state index in [-0.39, 0.29) is 12.1 Å². The first kappa shape index (κ1) is 11.1. The van der Waals surface area contributed by atoms with Crippen molar-refractivity contribution in [3.8, 4) is 0 Å². The SMILES string of the molecule is Cc1ccccc1CC(=O)N1CCOC1C. The van der Waals surface area contributed by atoms with Crippen LogP contribution in [0.5, 0.6) is 0 Å². The quantitative estimate of drug-likeness (QED) is 0.758. The summed E-state index contributed by atoms with van der Waals surface area (Å²) in [4.78, 5) is 13.8. The molecule has 1 heterocycles. The van der Waals surface area contributed by atoms with E-state index >= 15 is 0 Å². The average Bonchev–Trinajstić information content (AvgIpc) is 2.68. The van der Waals surface area contributed by atoms with Gasteiger partial charge < -0.3 is 9.64 Å². The maximum Gasteiger partial charge on any atom is 0.229 e. The second kappa shape index (κ2) is 4.66. The zero-order chi connectivity index (χ0) is 11.5. The van der Waals surface area contributed by atoms with Crippen molar-refractivity contribution in [2.24, 2.45) is 0 Å². The molecule has 0 saturated carbocycles. The molecule has 1 unspecified atom stereocenters. The Bertz CT molecular complexity index is 389. The van der Waals surface area contributed by atoms with Gasteiger partial charge in [0.25, 0.3) is 0 Å². The van der Waals surface area contributed by atoms with Gasteiger partial charge in [0, 0.05) is 6.54 Å². The van der Waals surface area contributed by atoms with Crippen LogP contribution < -0.4 is 0 Å². The molecule has 3 nitrogen and oxygen atoms in total. The van der Waals surface area contributed by atoms with E-state index in [9.17, 15) is 4.79 Å². The van der Waals surface area contributed by atoms with Crippen LogP contribution in [0.1, 0.15) is 18.1 Å². The molecule has 0 aliphatic carbocycles. The van der Waals surface area contributed by atoms with E-state index in [0.717, 1.165) is 5.56 Å². The minimum Gasteiger partial charge on any atom is -0.357 e. The molecule has 1 aliphatic heterocycles. The van der Waals surface area contributed by atoms with Crippen LogP contribution in [0.3, 0.4) is 0 Å². The first-order valence-electron chi connectivity index (χ1n) is 5.64. The average molecular weight is 219 g/mol. The topological polar surface area (TPSA) is 29.5 Å². The van der Waals surface area contributed by atoms with Crippen molar-refractivity contribution in [1.29, 1.82) is 0 Å². The molecular weight excluding hydrogens is 202 g/mol. The molecule has 86 valence electrons. The predicted molar refractivity (Wildman–Crippen MR) is 62.0 cm³/mol. The van der Waals surface area contributed by atoms with E-state index < -0.39 is 0 Å². The Morgan fingerprint density at radius 2 is 2.25 bits per heavy atom. The fraction of sp³-hybridized carbons (Fsp3) is 0.462. The Hall–Kier alpha value is -1.35. The maximum atomic E-state index is 12.0. The minimum atomic E-state index is -0.0727. The van der Waals surface area contributed by atoms with Gasteiger partial charge in [0.1, 0.15) is 6.23 Å². The monoisotopic (exact) mass is 219 g/mol. The third-order valence-electron chi connectivity index (χ3n) is 3.05. The number of hydrogen-bond acceptors (Lipinski definition) is 2. The largest absolute Gasteiger partial charge is 0.357 e. The number of hydrogen-bond donors (Lipinski definition) is 0. The number of ether oxygens (including phenoxy) is 1. The molecule has 1 aromatic carbocycles. The molecule has 1 aliphatic rings. The Balaban J connectivity index is 2.05. The lowest BCUT2D eigenvalue weighted by molar-refractivity contribution is -0.134. The van der Waals surface area contributed by atoms with Crippen molar-refractivity contribution in [1.82, 2.24) is 4.90 Å². The normalized spacial score (nSPS) is 20.1. The minimum absolute atomic E-state index is 0.0727. The highest BCUT2D eigenvalue weighted by atomic mass is 16.5. The van der Waals surface area contributed by atoms with Gasteiger partial charge in [0.15, 0.2) is 0 Å². The molecule has 0 radical (unpaired) electrons. The van der Waals surface area contributed by atoms with Gasteiger partial charge in [-0.2, -0.15) is 0 Å². The molecule has 1 saturated heterocycles. The summed E-state index contributed by atoms with van der Waals surface area (Å²) in [6.07, 6.45) is 0.400. The highest BCUT2D eigenvalue weighted by Crippen LogP contribution is 2.14. The lowest BCUT2D eigenvalue weighted by atomic mass is 10.1. The summed E-state index contributed by atoms with van der Waals surface area (Å²) in [5.74, 6) is 0.152. The molecule has 1 fully saturated rings. The van der Waals surface area contributed by atoms with E-state index in [1.165, 1.54) is 5.56 Å². The third kappa shape index (κ3) is 2.25. The van der Waals surface area contributed by atoms with Crippen molar-refractivity contribution < 1.29 is 9.53 Å². The van der Waals surface area contributed by atoms with Crippen molar-refractivity contribution in [3.05, 3.63) is 35.4 Å². The lowest BCUT2D eigenvalue weighted by Gasteiger charge is -2.20. The fourth-order valence-electron chi connectivity index (χ4n) is 1.99. The zero-order valence-corrected chi connectivity index (χ0v) is 9.77. The van der Waals surface area contributed by atoms with E-state index in [0.29, 0.717) is 19.6 Å². The predicted octanol–water partition coefficient (Wildman–Crippen LogP) is 1.74. The number of carbonyl (C=O) groups excluding carboxylic acids is 1. The van der Waals surface area contributed by atoms with Gasteiger partial charge in [-0.3, -0.25) is 4.79 Å². The summed E-state index contributed by atoms with van der Waals surface area (Å²) in [7, 11) is 0. The smallest absolute Gasteiger partial charge is 0.229 e. The van der Waals surface area contributed by atoms with Crippen LogP contribution in [0.25, 0.3) is 0 Å². The van der Waals surface area contributed by atoms with E-state index in [1.807, 2.05) is 38.1 Å². The summed E-state index contributed by atoms with van der Waals surface area (Å²) in [6.45, 7) is 5.32. The number of benzene rings is 1. The van der Waals surface area contributed by atoms with Crippen LogP contribution in [0.4, 0.5) is 0 Å². The molecule has 0 N–H and O–H groups in total. The number of aryl methyl sites for hydroxylation is 1. The van der Waals surface area contributed by atoms with Gasteiger partial charge in [-0.05, 0) is 25.0 Å². The Morgan fingerprint density at radius 3 is 2.88 bits per heavy atom. The Morgan fingerprint density at radius 1 is 1.50 bits per heavy atom. The number of amides is 1. The molecule has 2 rings (SSSR count). The van der Waals surface area contributed by atoms with Gasteiger partial charge in [0.2, 0.25) is 5.91 Å². The van der Waals surface area contributed by atoms with Crippen LogP contribution >= 0.6 is 0 Å². The summed E-state index contributed by atoms with van der Waals surface area (Å²) >= 11 is 0. The Labute approximate surface area is 96.0 Å². The molecular formula is C13H17NO2. The van der Waals surface area contributed by atoms with Crippen LogP contribution in [0, 0.1) is 6.92 Å². The number of rotatable bonds is 2. The second-order valence-electron chi connectivity index (χ2n) is 4.16. The summed E-state index contributed by atoms with van der Waals surface area (Å²) < 4.78 is 5.36. The van der Waals surface area contributed by atoms with Crippen LogP contribution in [-0.2, 0) is 16.0 Å². The number of carbonyl (C=O) groups is 1. The molecule has 1 amide bonds. The summed E-state index contributed by atoms with van der Waals surface area (Å²) in [5.41, 5.74) is 2.27. The van der Waals surface area contributed by atoms with Gasteiger partial charge in [0.05, 0.1) is 13.0 Å². The highest BCUT2D eigenvalue weighted by Gasteiger charge is 2.25. The van der Waals surface area contributed by atoms with Crippen molar-refractivity contribution >= 4 is 5.91 Å². The van der Waals surface area contributed by atoms with E-state index in [1.54, 1.807) is 4.90 Å². The molecule has 0 aromatic heterocycles. The Kier molecular flexibility index (Phi) is 3.25. The summed E-state index contributed by atoms with van der Waals surface area (Å²) in [6, 6.07) is 8.01. The molecule has 16 heavy (non-hydrogen) atoms. The lowest BCUT2D eigenvalue weighted by Crippen LogP contribution is -2.35.